The van der Waals surface area contributed by atoms with Crippen LogP contribution in [0.2, 0.25) is 0 Å². The molecule has 5 heteroatoms. The Morgan fingerprint density at radius 1 is 1.62 bits per heavy atom. The van der Waals surface area contributed by atoms with Crippen molar-refractivity contribution >= 4 is 11.6 Å². The molecule has 0 spiro atoms. The first-order valence-electron chi connectivity index (χ1n) is 5.49. The van der Waals surface area contributed by atoms with Gasteiger partial charge in [-0.05, 0) is 19.8 Å². The highest BCUT2D eigenvalue weighted by Gasteiger charge is 2.18. The van der Waals surface area contributed by atoms with Crippen molar-refractivity contribution in [2.24, 2.45) is 0 Å². The van der Waals surface area contributed by atoms with Crippen LogP contribution in [0.15, 0.2) is 18.3 Å². The van der Waals surface area contributed by atoms with Crippen LogP contribution < -0.4 is 11.1 Å². The third-order valence-corrected chi connectivity index (χ3v) is 2.67. The predicted molar refractivity (Wildman–Crippen MR) is 61.9 cm³/mol. The second kappa shape index (κ2) is 4.38. The number of carbonyl (C=O) groups excluding carboxylic acids is 1. The molecule has 16 heavy (non-hydrogen) atoms. The lowest BCUT2D eigenvalue weighted by molar-refractivity contribution is 0.0934. The van der Waals surface area contributed by atoms with Gasteiger partial charge in [0, 0.05) is 18.8 Å². The summed E-state index contributed by atoms with van der Waals surface area (Å²) in [5, 5.41) is 7.05. The average molecular weight is 220 g/mol. The van der Waals surface area contributed by atoms with E-state index in [0.717, 1.165) is 12.8 Å². The van der Waals surface area contributed by atoms with Gasteiger partial charge in [0.2, 0.25) is 0 Å². The van der Waals surface area contributed by atoms with E-state index in [9.17, 15) is 4.79 Å². The van der Waals surface area contributed by atoms with E-state index in [4.69, 9.17) is 5.73 Å². The lowest BCUT2D eigenvalue weighted by Crippen LogP contribution is -2.33. The SMILES string of the molecule is CCn1cc(N)c(C(=O)NC2CC=CC2)n1. The zero-order chi connectivity index (χ0) is 11.5. The van der Waals surface area contributed by atoms with Gasteiger partial charge < -0.3 is 11.1 Å². The van der Waals surface area contributed by atoms with E-state index in [-0.39, 0.29) is 11.9 Å². The molecule has 0 bridgehead atoms. The summed E-state index contributed by atoms with van der Waals surface area (Å²) in [5.74, 6) is -0.182. The molecule has 3 N–H and O–H groups in total. The van der Waals surface area contributed by atoms with Gasteiger partial charge >= 0.3 is 0 Å². The van der Waals surface area contributed by atoms with E-state index in [1.807, 2.05) is 6.92 Å². The summed E-state index contributed by atoms with van der Waals surface area (Å²) in [6.45, 7) is 2.66. The van der Waals surface area contributed by atoms with E-state index in [0.29, 0.717) is 17.9 Å². The molecule has 5 nitrogen and oxygen atoms in total. The predicted octanol–water partition coefficient (Wildman–Crippen LogP) is 0.934. The molecular formula is C11H16N4O. The fourth-order valence-electron chi connectivity index (χ4n) is 1.76. The first kappa shape index (κ1) is 10.7. The molecule has 2 rings (SSSR count). The third kappa shape index (κ3) is 2.08. The second-order valence-corrected chi connectivity index (χ2v) is 3.90. The van der Waals surface area contributed by atoms with Crippen molar-refractivity contribution in [3.05, 3.63) is 24.0 Å². The topological polar surface area (TPSA) is 72.9 Å². The quantitative estimate of drug-likeness (QED) is 0.744. The molecular weight excluding hydrogens is 204 g/mol. The van der Waals surface area contributed by atoms with Gasteiger partial charge in [-0.1, -0.05) is 12.2 Å². The molecule has 0 aromatic carbocycles. The second-order valence-electron chi connectivity index (χ2n) is 3.90. The van der Waals surface area contributed by atoms with E-state index < -0.39 is 0 Å². The Hall–Kier alpha value is -1.78. The van der Waals surface area contributed by atoms with Crippen molar-refractivity contribution < 1.29 is 4.79 Å². The molecule has 0 fully saturated rings. The van der Waals surface area contributed by atoms with Gasteiger partial charge in [-0.15, -0.1) is 0 Å². The molecule has 0 saturated heterocycles. The summed E-state index contributed by atoms with van der Waals surface area (Å²) in [5.41, 5.74) is 6.50. The Kier molecular flexibility index (Phi) is 2.94. The molecule has 1 amide bonds. The average Bonchev–Trinajstić information content (AvgIpc) is 2.87. The number of carbonyl (C=O) groups is 1. The minimum Gasteiger partial charge on any atom is -0.396 e. The van der Waals surface area contributed by atoms with Gasteiger partial charge in [0.15, 0.2) is 5.69 Å². The maximum atomic E-state index is 11.9. The molecule has 1 aliphatic carbocycles. The van der Waals surface area contributed by atoms with E-state index in [2.05, 4.69) is 22.6 Å². The lowest BCUT2D eigenvalue weighted by Gasteiger charge is -2.10. The first-order valence-corrected chi connectivity index (χ1v) is 5.49. The molecule has 0 aliphatic heterocycles. The number of aryl methyl sites for hydroxylation is 1. The summed E-state index contributed by atoms with van der Waals surface area (Å²) < 4.78 is 1.66. The van der Waals surface area contributed by atoms with Gasteiger partial charge in [0.05, 0.1) is 5.69 Å². The summed E-state index contributed by atoms with van der Waals surface area (Å²) in [6, 6.07) is 0.193. The number of amides is 1. The van der Waals surface area contributed by atoms with Crippen molar-refractivity contribution in [2.45, 2.75) is 32.4 Å². The fourth-order valence-corrected chi connectivity index (χ4v) is 1.76. The Labute approximate surface area is 94.3 Å². The highest BCUT2D eigenvalue weighted by Crippen LogP contribution is 2.13. The van der Waals surface area contributed by atoms with Crippen LogP contribution in [0.5, 0.6) is 0 Å². The highest BCUT2D eigenvalue weighted by molar-refractivity contribution is 5.97. The minimum absolute atomic E-state index is 0.182. The van der Waals surface area contributed by atoms with E-state index >= 15 is 0 Å². The maximum Gasteiger partial charge on any atom is 0.274 e. The van der Waals surface area contributed by atoms with Crippen molar-refractivity contribution in [1.82, 2.24) is 15.1 Å². The molecule has 1 aliphatic rings. The monoisotopic (exact) mass is 220 g/mol. The standard InChI is InChI=1S/C11H16N4O/c1-2-15-7-9(12)10(14-15)11(16)13-8-5-3-4-6-8/h3-4,7-8H,2,5-6,12H2,1H3,(H,13,16). The molecule has 0 atom stereocenters. The largest absolute Gasteiger partial charge is 0.396 e. The van der Waals surface area contributed by atoms with Crippen LogP contribution in [0, 0.1) is 0 Å². The number of nitrogen functional groups attached to an aromatic ring is 1. The molecule has 86 valence electrons. The van der Waals surface area contributed by atoms with Crippen LogP contribution in [-0.4, -0.2) is 21.7 Å². The number of nitrogens with one attached hydrogen (secondary N) is 1. The van der Waals surface area contributed by atoms with Crippen LogP contribution in [-0.2, 0) is 6.54 Å². The van der Waals surface area contributed by atoms with Gasteiger partial charge in [0.25, 0.3) is 5.91 Å². The minimum atomic E-state index is -0.182. The summed E-state index contributed by atoms with van der Waals surface area (Å²) >= 11 is 0. The number of anilines is 1. The molecule has 1 aromatic rings. The normalized spacial score (nSPS) is 15.6. The number of hydrogen-bond acceptors (Lipinski definition) is 3. The fraction of sp³-hybridized carbons (Fsp3) is 0.455. The molecule has 1 heterocycles. The van der Waals surface area contributed by atoms with Crippen molar-refractivity contribution in [2.75, 3.05) is 5.73 Å². The van der Waals surface area contributed by atoms with Crippen LogP contribution in [0.3, 0.4) is 0 Å². The van der Waals surface area contributed by atoms with Crippen LogP contribution >= 0.6 is 0 Å². The van der Waals surface area contributed by atoms with Crippen molar-refractivity contribution in [1.29, 1.82) is 0 Å². The Morgan fingerprint density at radius 2 is 2.31 bits per heavy atom. The number of nitrogens with zero attached hydrogens (tertiary/aromatic N) is 2. The number of rotatable bonds is 3. The summed E-state index contributed by atoms with van der Waals surface area (Å²) in [6.07, 6.45) is 7.60. The van der Waals surface area contributed by atoms with Gasteiger partial charge in [-0.2, -0.15) is 5.10 Å². The first-order chi connectivity index (χ1) is 7.70. The van der Waals surface area contributed by atoms with Crippen molar-refractivity contribution in [3.63, 3.8) is 0 Å². The summed E-state index contributed by atoms with van der Waals surface area (Å²) in [7, 11) is 0. The number of hydrogen-bond donors (Lipinski definition) is 2. The zero-order valence-electron chi connectivity index (χ0n) is 9.31. The maximum absolute atomic E-state index is 11.9. The van der Waals surface area contributed by atoms with Crippen LogP contribution in [0.1, 0.15) is 30.3 Å². The van der Waals surface area contributed by atoms with Gasteiger partial charge in [0.1, 0.15) is 0 Å². The molecule has 0 radical (unpaired) electrons. The third-order valence-electron chi connectivity index (χ3n) is 2.67. The highest BCUT2D eigenvalue weighted by atomic mass is 16.2. The van der Waals surface area contributed by atoms with Gasteiger partial charge in [-0.25, -0.2) is 0 Å². The number of aromatic nitrogens is 2. The van der Waals surface area contributed by atoms with Gasteiger partial charge in [-0.3, -0.25) is 9.48 Å². The Balaban J connectivity index is 2.05. The molecule has 0 saturated carbocycles. The van der Waals surface area contributed by atoms with E-state index in [1.54, 1.807) is 10.9 Å². The Bertz CT molecular complexity index is 414. The zero-order valence-corrected chi connectivity index (χ0v) is 9.31. The van der Waals surface area contributed by atoms with Crippen LogP contribution in [0.25, 0.3) is 0 Å². The smallest absolute Gasteiger partial charge is 0.274 e. The molecule has 0 unspecified atom stereocenters. The van der Waals surface area contributed by atoms with Crippen molar-refractivity contribution in [3.8, 4) is 0 Å². The van der Waals surface area contributed by atoms with E-state index in [1.165, 1.54) is 0 Å². The van der Waals surface area contributed by atoms with Crippen LogP contribution in [0.4, 0.5) is 5.69 Å². The Morgan fingerprint density at radius 3 is 2.88 bits per heavy atom. The summed E-state index contributed by atoms with van der Waals surface area (Å²) in [4.78, 5) is 11.9. The number of nitrogens with two attached hydrogens (primary N) is 1. The lowest BCUT2D eigenvalue weighted by atomic mass is 10.2. The molecule has 1 aromatic heterocycles.